The van der Waals surface area contributed by atoms with Gasteiger partial charge in [0.25, 0.3) is 0 Å². The molecule has 3 aromatic heterocycles. The molecule has 360 valence electrons. The normalized spacial score (nSPS) is 11.6. The van der Waals surface area contributed by atoms with E-state index in [9.17, 15) is 0 Å². The van der Waals surface area contributed by atoms with E-state index in [0.29, 0.717) is 0 Å². The first-order valence-corrected chi connectivity index (χ1v) is 27.0. The lowest BCUT2D eigenvalue weighted by molar-refractivity contribution is 0.414. The van der Waals surface area contributed by atoms with Crippen LogP contribution in [0.4, 0.5) is 51.2 Å². The van der Waals surface area contributed by atoms with Crippen molar-refractivity contribution < 1.29 is 14.2 Å². The average molecular weight is 1020 g/mol. The van der Waals surface area contributed by atoms with E-state index in [4.69, 9.17) is 14.2 Å². The second-order valence-corrected chi connectivity index (χ2v) is 21.9. The Kier molecular flexibility index (Phi) is 11.4. The molecule has 0 bridgehead atoms. The maximum absolute atomic E-state index is 5.67. The Morgan fingerprint density at radius 1 is 0.243 bits per heavy atom. The summed E-state index contributed by atoms with van der Waals surface area (Å²) in [5, 5.41) is 7.38. The van der Waals surface area contributed by atoms with Crippen LogP contribution in [-0.2, 0) is 0 Å². The van der Waals surface area contributed by atoms with Gasteiger partial charge in [-0.15, -0.1) is 34.0 Å². The third kappa shape index (κ3) is 8.10. The van der Waals surface area contributed by atoms with Gasteiger partial charge in [0.15, 0.2) is 0 Å². The number of aryl methyl sites for hydroxylation is 2. The number of rotatable bonds is 12. The van der Waals surface area contributed by atoms with Crippen LogP contribution in [0.25, 0.3) is 60.5 Å². The molecule has 0 saturated carbocycles. The first-order valence-electron chi connectivity index (χ1n) is 24.5. The Hall–Kier alpha value is -8.34. The van der Waals surface area contributed by atoms with Gasteiger partial charge in [0.05, 0.1) is 21.3 Å². The van der Waals surface area contributed by atoms with Gasteiger partial charge in [-0.1, -0.05) is 29.3 Å². The van der Waals surface area contributed by atoms with E-state index in [1.54, 1.807) is 21.3 Å². The zero-order chi connectivity index (χ0) is 50.0. The molecule has 0 N–H and O–H groups in total. The summed E-state index contributed by atoms with van der Waals surface area (Å²) in [5.41, 5.74) is 12.1. The molecule has 0 atom stereocenters. The van der Waals surface area contributed by atoms with E-state index in [1.807, 2.05) is 70.4 Å². The van der Waals surface area contributed by atoms with Crippen LogP contribution in [0.5, 0.6) is 17.2 Å². The Labute approximate surface area is 441 Å². The van der Waals surface area contributed by atoms with E-state index in [2.05, 4.69) is 198 Å². The highest BCUT2D eigenvalue weighted by Crippen LogP contribution is 2.48. The Balaban J connectivity index is 0.947. The molecule has 10 aromatic carbocycles. The Bertz CT molecular complexity index is 4240. The highest BCUT2D eigenvalue weighted by Gasteiger charge is 2.21. The molecule has 0 radical (unpaired) electrons. The fraction of sp³-hybridized carbons (Fsp3) is 0.0769. The molecule has 0 aliphatic carbocycles. The van der Waals surface area contributed by atoms with Crippen LogP contribution in [0.2, 0.25) is 0 Å². The second kappa shape index (κ2) is 18.6. The van der Waals surface area contributed by atoms with Crippen molar-refractivity contribution in [2.75, 3.05) is 36.0 Å². The summed E-state index contributed by atoms with van der Waals surface area (Å²) in [6.07, 6.45) is 0. The molecule has 0 spiro atoms. The van der Waals surface area contributed by atoms with Crippen LogP contribution in [0.1, 0.15) is 11.1 Å². The van der Waals surface area contributed by atoms with Gasteiger partial charge in [0.1, 0.15) is 17.2 Å². The molecule has 3 heterocycles. The smallest absolute Gasteiger partial charge is 0.119 e. The lowest BCUT2D eigenvalue weighted by Crippen LogP contribution is -2.10. The van der Waals surface area contributed by atoms with Crippen molar-refractivity contribution in [1.82, 2.24) is 0 Å². The summed E-state index contributed by atoms with van der Waals surface area (Å²) in [4.78, 5) is 7.07. The van der Waals surface area contributed by atoms with E-state index < -0.39 is 0 Å². The summed E-state index contributed by atoms with van der Waals surface area (Å²) < 4.78 is 24.4. The largest absolute Gasteiger partial charge is 0.497 e. The van der Waals surface area contributed by atoms with Crippen LogP contribution in [0.3, 0.4) is 0 Å². The van der Waals surface area contributed by atoms with Crippen molar-refractivity contribution in [1.29, 1.82) is 0 Å². The minimum absolute atomic E-state index is 0.810. The van der Waals surface area contributed by atoms with Gasteiger partial charge in [0, 0.05) is 112 Å². The number of thiophene rings is 3. The molecule has 13 rings (SSSR count). The molecule has 6 nitrogen and oxygen atoms in total. The summed E-state index contributed by atoms with van der Waals surface area (Å²) in [6.45, 7) is 4.30. The van der Waals surface area contributed by atoms with Gasteiger partial charge in [-0.3, -0.25) is 0 Å². The van der Waals surface area contributed by atoms with Crippen LogP contribution in [0.15, 0.2) is 206 Å². The fourth-order valence-electron chi connectivity index (χ4n) is 10.3. The van der Waals surface area contributed by atoms with Crippen molar-refractivity contribution in [2.45, 2.75) is 13.8 Å². The fourth-order valence-corrected chi connectivity index (χ4v) is 13.5. The molecule has 0 fully saturated rings. The van der Waals surface area contributed by atoms with Crippen molar-refractivity contribution in [3.63, 3.8) is 0 Å². The maximum Gasteiger partial charge on any atom is 0.119 e. The van der Waals surface area contributed by atoms with Crippen LogP contribution in [0, 0.1) is 13.8 Å². The number of hydrogen-bond donors (Lipinski definition) is 0. The number of methoxy groups -OCH3 is 3. The maximum atomic E-state index is 5.67. The van der Waals surface area contributed by atoms with E-state index in [-0.39, 0.29) is 0 Å². The highest BCUT2D eigenvalue weighted by molar-refractivity contribution is 7.26. The van der Waals surface area contributed by atoms with E-state index >= 15 is 0 Å². The third-order valence-electron chi connectivity index (χ3n) is 14.1. The molecule has 74 heavy (non-hydrogen) atoms. The molecule has 0 aliphatic rings. The second-order valence-electron chi connectivity index (χ2n) is 18.6. The monoisotopic (exact) mass is 1020 g/mol. The van der Waals surface area contributed by atoms with Gasteiger partial charge in [-0.05, 0) is 202 Å². The summed E-state index contributed by atoms with van der Waals surface area (Å²) in [6, 6.07) is 75.0. The van der Waals surface area contributed by atoms with Crippen LogP contribution in [-0.4, -0.2) is 21.3 Å². The van der Waals surface area contributed by atoms with Gasteiger partial charge >= 0.3 is 0 Å². The average Bonchev–Trinajstić information content (AvgIpc) is 4.12. The Morgan fingerprint density at radius 3 is 0.743 bits per heavy atom. The number of anilines is 9. The van der Waals surface area contributed by atoms with Crippen LogP contribution < -0.4 is 28.9 Å². The van der Waals surface area contributed by atoms with Crippen molar-refractivity contribution in [2.24, 2.45) is 0 Å². The van der Waals surface area contributed by atoms with Gasteiger partial charge in [0.2, 0.25) is 0 Å². The first-order chi connectivity index (χ1) is 36.3. The van der Waals surface area contributed by atoms with E-state index in [0.717, 1.165) is 68.4 Å². The molecular weight excluding hydrogens is 967 g/mol. The molecular formula is C65H49N3O3S3. The number of fused-ring (bicyclic) bond motifs is 9. The summed E-state index contributed by atoms with van der Waals surface area (Å²) in [5.74, 6) is 2.46. The summed E-state index contributed by atoms with van der Waals surface area (Å²) in [7, 11) is 5.14. The lowest BCUT2D eigenvalue weighted by atomic mass is 10.1. The lowest BCUT2D eigenvalue weighted by Gasteiger charge is -2.26. The predicted octanol–water partition coefficient (Wildman–Crippen LogP) is 19.8. The molecule has 0 saturated heterocycles. The molecule has 13 aromatic rings. The molecule has 0 unspecified atom stereocenters. The molecule has 0 amide bonds. The van der Waals surface area contributed by atoms with Crippen molar-refractivity contribution in [3.8, 4) is 17.2 Å². The zero-order valence-electron chi connectivity index (χ0n) is 41.4. The van der Waals surface area contributed by atoms with Crippen molar-refractivity contribution in [3.05, 3.63) is 217 Å². The topological polar surface area (TPSA) is 37.4 Å². The van der Waals surface area contributed by atoms with Crippen molar-refractivity contribution >= 4 is 146 Å². The summed E-state index contributed by atoms with van der Waals surface area (Å²) >= 11 is 5.51. The van der Waals surface area contributed by atoms with Gasteiger partial charge < -0.3 is 28.9 Å². The molecule has 0 aliphatic heterocycles. The highest BCUT2D eigenvalue weighted by atomic mass is 32.1. The number of hydrogen-bond acceptors (Lipinski definition) is 9. The van der Waals surface area contributed by atoms with Gasteiger partial charge in [-0.2, -0.15) is 0 Å². The quantitative estimate of drug-likeness (QED) is 0.121. The predicted molar refractivity (Wildman–Crippen MR) is 318 cm³/mol. The number of benzene rings is 10. The first kappa shape index (κ1) is 45.5. The number of ether oxygens (including phenoxy) is 3. The van der Waals surface area contributed by atoms with E-state index in [1.165, 1.54) is 71.6 Å². The van der Waals surface area contributed by atoms with Crippen LogP contribution >= 0.6 is 34.0 Å². The van der Waals surface area contributed by atoms with Gasteiger partial charge in [-0.25, -0.2) is 0 Å². The SMILES string of the molecule is COc1ccc(N(c2ccc(C)cc2)c2ccc3sc4ccc(N(c5ccc(OC)cc5)c5ccc6sc7ccc(N(c8ccc(OC)cc8)c8ccc9sc%10ccc(C)cc%10c9c8)cc7c6c5)cc4c3c2)cc1. The zero-order valence-corrected chi connectivity index (χ0v) is 43.9. The molecule has 9 heteroatoms. The Morgan fingerprint density at radius 2 is 0.459 bits per heavy atom. The number of nitrogens with zero attached hydrogens (tertiary/aromatic N) is 3. The minimum Gasteiger partial charge on any atom is -0.497 e. The standard InChI is InChI=1S/C65H49N3O3S3/c1-40-6-9-42(10-7-40)66(43-11-22-51(69-3)23-12-43)46-17-29-62-56(35-46)57-37-49(20-31-63(57)73-62)68(45-15-26-53(71-5)27-16-45)50-21-33-65-59(39-50)58-38-48(19-32-64(58)74-65)67(44-13-24-52(70-4)25-14-44)47-18-30-61-55(36-47)54-34-41(2)8-28-60(54)72-61/h6-39H,1-5H3. The third-order valence-corrected chi connectivity index (χ3v) is 17.5. The minimum atomic E-state index is 0.810.